The molecule has 0 saturated heterocycles. The molecular weight excluding hydrogens is 256 g/mol. The average molecular weight is 274 g/mol. The summed E-state index contributed by atoms with van der Waals surface area (Å²) in [7, 11) is 3.68. The van der Waals surface area contributed by atoms with Crippen molar-refractivity contribution in [1.29, 1.82) is 0 Å². The zero-order valence-corrected chi connectivity index (χ0v) is 11.4. The summed E-state index contributed by atoms with van der Waals surface area (Å²) >= 11 is 0. The first-order valence-corrected chi connectivity index (χ1v) is 6.23. The van der Waals surface area contributed by atoms with E-state index in [0.717, 1.165) is 5.56 Å². The quantitative estimate of drug-likeness (QED) is 0.506. The minimum absolute atomic E-state index is 0.326. The fourth-order valence-electron chi connectivity index (χ4n) is 2.04. The van der Waals surface area contributed by atoms with E-state index in [0.29, 0.717) is 5.56 Å². The first-order valence-electron chi connectivity index (χ1n) is 6.23. The van der Waals surface area contributed by atoms with Gasteiger partial charge in [-0.05, 0) is 17.7 Å². The molecule has 0 aliphatic heterocycles. The zero-order valence-electron chi connectivity index (χ0n) is 11.4. The molecule has 0 aromatic heterocycles. The summed E-state index contributed by atoms with van der Waals surface area (Å²) in [5.74, 6) is -1.18. The minimum atomic E-state index is -0.510. The molecule has 0 aliphatic rings. The Balaban J connectivity index is 2.50. The highest BCUT2D eigenvalue weighted by atomic mass is 16.3. The van der Waals surface area contributed by atoms with Gasteiger partial charge in [0.2, 0.25) is 5.75 Å². The van der Waals surface area contributed by atoms with Crippen LogP contribution in [0.1, 0.15) is 17.2 Å². The number of nitrogens with one attached hydrogen (secondary N) is 1. The van der Waals surface area contributed by atoms with Crippen LogP contribution in [-0.2, 0) is 0 Å². The SMILES string of the molecule is CN(C)NC(c1ccccc1)c1ccc(O)c(O)c1O. The number of hydrazine groups is 1. The number of phenolic OH excluding ortho intramolecular Hbond substituents is 3. The smallest absolute Gasteiger partial charge is 0.200 e. The van der Waals surface area contributed by atoms with Crippen LogP contribution in [0, 0.1) is 0 Å². The van der Waals surface area contributed by atoms with Crippen LogP contribution in [0.4, 0.5) is 0 Å². The first-order chi connectivity index (χ1) is 9.50. The molecule has 0 radical (unpaired) electrons. The number of aromatic hydroxyl groups is 3. The Hall–Kier alpha value is -2.24. The standard InChI is InChI=1S/C15H18N2O3/c1-17(2)16-13(10-6-4-3-5-7-10)11-8-9-12(18)15(20)14(11)19/h3-9,13,16,18-20H,1-2H3. The summed E-state index contributed by atoms with van der Waals surface area (Å²) in [6.45, 7) is 0. The van der Waals surface area contributed by atoms with Gasteiger partial charge < -0.3 is 15.3 Å². The zero-order chi connectivity index (χ0) is 14.7. The molecule has 0 amide bonds. The fourth-order valence-corrected chi connectivity index (χ4v) is 2.04. The van der Waals surface area contributed by atoms with Crippen LogP contribution in [0.2, 0.25) is 0 Å². The Morgan fingerprint density at radius 1 is 0.900 bits per heavy atom. The Morgan fingerprint density at radius 2 is 1.55 bits per heavy atom. The molecule has 5 nitrogen and oxygen atoms in total. The Kier molecular flexibility index (Phi) is 4.12. The van der Waals surface area contributed by atoms with Crippen LogP contribution in [-0.4, -0.2) is 34.4 Å². The van der Waals surface area contributed by atoms with Gasteiger partial charge >= 0.3 is 0 Å². The fraction of sp³-hybridized carbons (Fsp3) is 0.200. The van der Waals surface area contributed by atoms with Crippen molar-refractivity contribution in [3.8, 4) is 17.2 Å². The molecule has 0 aliphatic carbocycles. The van der Waals surface area contributed by atoms with E-state index in [1.807, 2.05) is 44.4 Å². The Morgan fingerprint density at radius 3 is 2.15 bits per heavy atom. The molecule has 4 N–H and O–H groups in total. The largest absolute Gasteiger partial charge is 0.504 e. The van der Waals surface area contributed by atoms with Gasteiger partial charge in [0.05, 0.1) is 6.04 Å². The normalized spacial score (nSPS) is 12.6. The highest BCUT2D eigenvalue weighted by Gasteiger charge is 2.21. The molecule has 20 heavy (non-hydrogen) atoms. The lowest BCUT2D eigenvalue weighted by Crippen LogP contribution is -2.34. The Bertz CT molecular complexity index is 585. The van der Waals surface area contributed by atoms with Gasteiger partial charge in [-0.15, -0.1) is 0 Å². The van der Waals surface area contributed by atoms with E-state index < -0.39 is 5.75 Å². The molecule has 0 saturated carbocycles. The maximum atomic E-state index is 10.1. The summed E-state index contributed by atoms with van der Waals surface area (Å²) in [4.78, 5) is 0. The third-order valence-corrected chi connectivity index (χ3v) is 2.99. The molecule has 0 bridgehead atoms. The second-order valence-corrected chi connectivity index (χ2v) is 4.74. The topological polar surface area (TPSA) is 76.0 Å². The number of phenols is 3. The van der Waals surface area contributed by atoms with Crippen LogP contribution in [0.5, 0.6) is 17.2 Å². The number of nitrogens with zero attached hydrogens (tertiary/aromatic N) is 1. The van der Waals surface area contributed by atoms with Crippen molar-refractivity contribution in [2.24, 2.45) is 0 Å². The molecular formula is C15H18N2O3. The summed E-state index contributed by atoms with van der Waals surface area (Å²) in [5, 5.41) is 30.9. The van der Waals surface area contributed by atoms with Gasteiger partial charge in [-0.1, -0.05) is 30.3 Å². The van der Waals surface area contributed by atoms with Crippen molar-refractivity contribution in [3.05, 3.63) is 53.6 Å². The van der Waals surface area contributed by atoms with Crippen molar-refractivity contribution in [2.75, 3.05) is 14.1 Å². The number of hydrogen-bond donors (Lipinski definition) is 4. The van der Waals surface area contributed by atoms with E-state index in [1.54, 1.807) is 11.1 Å². The van der Waals surface area contributed by atoms with E-state index in [4.69, 9.17) is 0 Å². The van der Waals surface area contributed by atoms with E-state index in [2.05, 4.69) is 5.43 Å². The lowest BCUT2D eigenvalue weighted by Gasteiger charge is -2.25. The van der Waals surface area contributed by atoms with Crippen molar-refractivity contribution < 1.29 is 15.3 Å². The lowest BCUT2D eigenvalue weighted by molar-refractivity contribution is 0.257. The molecule has 0 fully saturated rings. The van der Waals surface area contributed by atoms with Crippen LogP contribution in [0.3, 0.4) is 0 Å². The maximum absolute atomic E-state index is 10.1. The predicted molar refractivity (Wildman–Crippen MR) is 76.5 cm³/mol. The van der Waals surface area contributed by atoms with Gasteiger partial charge in [-0.2, -0.15) is 0 Å². The highest BCUT2D eigenvalue weighted by Crippen LogP contribution is 2.41. The van der Waals surface area contributed by atoms with Gasteiger partial charge in [-0.3, -0.25) is 0 Å². The molecule has 2 aromatic rings. The highest BCUT2D eigenvalue weighted by molar-refractivity contribution is 5.55. The molecule has 106 valence electrons. The van der Waals surface area contributed by atoms with Crippen LogP contribution < -0.4 is 5.43 Å². The minimum Gasteiger partial charge on any atom is -0.504 e. The van der Waals surface area contributed by atoms with E-state index in [-0.39, 0.29) is 17.5 Å². The lowest BCUT2D eigenvalue weighted by atomic mass is 9.98. The van der Waals surface area contributed by atoms with Crippen molar-refractivity contribution >= 4 is 0 Å². The van der Waals surface area contributed by atoms with Gasteiger partial charge in [0.15, 0.2) is 11.5 Å². The average Bonchev–Trinajstić information content (AvgIpc) is 2.44. The number of benzene rings is 2. The third kappa shape index (κ3) is 2.84. The Labute approximate surface area is 117 Å². The number of hydrogen-bond acceptors (Lipinski definition) is 5. The predicted octanol–water partition coefficient (Wildman–Crippen LogP) is 1.96. The molecule has 1 unspecified atom stereocenters. The van der Waals surface area contributed by atoms with Crippen LogP contribution in [0.25, 0.3) is 0 Å². The monoisotopic (exact) mass is 274 g/mol. The third-order valence-electron chi connectivity index (χ3n) is 2.99. The van der Waals surface area contributed by atoms with Gasteiger partial charge in [0.1, 0.15) is 0 Å². The van der Waals surface area contributed by atoms with Crippen LogP contribution >= 0.6 is 0 Å². The van der Waals surface area contributed by atoms with Crippen molar-refractivity contribution in [1.82, 2.24) is 10.4 Å². The molecule has 2 aromatic carbocycles. The summed E-state index contributed by atoms with van der Waals surface area (Å²) in [5.41, 5.74) is 4.60. The maximum Gasteiger partial charge on any atom is 0.200 e. The molecule has 2 rings (SSSR count). The first kappa shape index (κ1) is 14.2. The summed E-state index contributed by atoms with van der Waals surface area (Å²) < 4.78 is 0. The molecule has 1 atom stereocenters. The van der Waals surface area contributed by atoms with E-state index >= 15 is 0 Å². The molecule has 0 spiro atoms. The van der Waals surface area contributed by atoms with Crippen LogP contribution in [0.15, 0.2) is 42.5 Å². The molecule has 5 heteroatoms. The van der Waals surface area contributed by atoms with E-state index in [9.17, 15) is 15.3 Å². The molecule has 0 heterocycles. The van der Waals surface area contributed by atoms with Crippen molar-refractivity contribution in [3.63, 3.8) is 0 Å². The second-order valence-electron chi connectivity index (χ2n) is 4.74. The number of rotatable bonds is 4. The summed E-state index contributed by atoms with van der Waals surface area (Å²) in [6.07, 6.45) is 0. The van der Waals surface area contributed by atoms with Gasteiger partial charge in [-0.25, -0.2) is 10.4 Å². The summed E-state index contributed by atoms with van der Waals surface area (Å²) in [6, 6.07) is 12.2. The van der Waals surface area contributed by atoms with Gasteiger partial charge in [0.25, 0.3) is 0 Å². The van der Waals surface area contributed by atoms with Gasteiger partial charge in [0, 0.05) is 19.7 Å². The van der Waals surface area contributed by atoms with E-state index in [1.165, 1.54) is 6.07 Å². The second kappa shape index (κ2) is 5.81. The van der Waals surface area contributed by atoms with Crippen molar-refractivity contribution in [2.45, 2.75) is 6.04 Å².